The SMILES string of the molecule is CCCC([C]=O)NC(=O)CNC. The molecule has 0 aromatic heterocycles. The van der Waals surface area contributed by atoms with Crippen LogP contribution in [0.4, 0.5) is 0 Å². The van der Waals surface area contributed by atoms with E-state index >= 15 is 0 Å². The number of hydrogen-bond donors (Lipinski definition) is 2. The molecule has 0 saturated heterocycles. The van der Waals surface area contributed by atoms with Gasteiger partial charge in [-0.3, -0.25) is 9.59 Å². The largest absolute Gasteiger partial charge is 0.345 e. The van der Waals surface area contributed by atoms with Crippen molar-refractivity contribution in [3.63, 3.8) is 0 Å². The van der Waals surface area contributed by atoms with E-state index in [1.807, 2.05) is 6.92 Å². The summed E-state index contributed by atoms with van der Waals surface area (Å²) in [5.41, 5.74) is 0. The molecule has 0 spiro atoms. The van der Waals surface area contributed by atoms with Gasteiger partial charge in [0.25, 0.3) is 0 Å². The first kappa shape index (κ1) is 11.1. The fourth-order valence-electron chi connectivity index (χ4n) is 0.855. The molecule has 2 N–H and O–H groups in total. The standard InChI is InChI=1S/C8H15N2O2/c1-3-4-7(6-11)10-8(12)5-9-2/h7,9H,3-5H2,1-2H3,(H,10,12). The van der Waals surface area contributed by atoms with Gasteiger partial charge in [-0.15, -0.1) is 0 Å². The zero-order valence-corrected chi connectivity index (χ0v) is 7.52. The van der Waals surface area contributed by atoms with Crippen LogP contribution in [0.5, 0.6) is 0 Å². The predicted molar refractivity (Wildman–Crippen MR) is 46.5 cm³/mol. The summed E-state index contributed by atoms with van der Waals surface area (Å²) in [6.45, 7) is 2.19. The highest BCUT2D eigenvalue weighted by Crippen LogP contribution is 1.92. The Bertz CT molecular complexity index is 148. The van der Waals surface area contributed by atoms with E-state index in [4.69, 9.17) is 0 Å². The molecule has 1 unspecified atom stereocenters. The molecule has 0 saturated carbocycles. The van der Waals surface area contributed by atoms with E-state index in [0.717, 1.165) is 6.42 Å². The molecule has 0 aliphatic carbocycles. The Labute approximate surface area is 72.7 Å². The second-order valence-electron chi connectivity index (χ2n) is 2.56. The van der Waals surface area contributed by atoms with Gasteiger partial charge in [0.15, 0.2) is 0 Å². The number of rotatable bonds is 6. The number of amides is 1. The zero-order chi connectivity index (χ0) is 9.40. The molecule has 0 rings (SSSR count). The summed E-state index contributed by atoms with van der Waals surface area (Å²) in [6.07, 6.45) is 3.30. The van der Waals surface area contributed by atoms with Crippen molar-refractivity contribution >= 4 is 12.2 Å². The highest BCUT2D eigenvalue weighted by atomic mass is 16.2. The summed E-state index contributed by atoms with van der Waals surface area (Å²) in [4.78, 5) is 21.2. The number of hydrogen-bond acceptors (Lipinski definition) is 3. The monoisotopic (exact) mass is 171 g/mol. The molecule has 1 radical (unpaired) electrons. The van der Waals surface area contributed by atoms with Gasteiger partial charge in [-0.1, -0.05) is 13.3 Å². The van der Waals surface area contributed by atoms with Gasteiger partial charge in [-0.2, -0.15) is 0 Å². The van der Waals surface area contributed by atoms with Crippen LogP contribution in [0.25, 0.3) is 0 Å². The zero-order valence-electron chi connectivity index (χ0n) is 7.52. The minimum absolute atomic E-state index is 0.167. The Morgan fingerprint density at radius 1 is 1.58 bits per heavy atom. The van der Waals surface area contributed by atoms with Crippen LogP contribution in [0.3, 0.4) is 0 Å². The van der Waals surface area contributed by atoms with Crippen LogP contribution in [0.1, 0.15) is 19.8 Å². The summed E-state index contributed by atoms with van der Waals surface area (Å²) in [5.74, 6) is -0.167. The average molecular weight is 171 g/mol. The Balaban J connectivity index is 3.68. The van der Waals surface area contributed by atoms with Crippen molar-refractivity contribution < 1.29 is 9.59 Å². The van der Waals surface area contributed by atoms with Gasteiger partial charge in [-0.25, -0.2) is 0 Å². The molecule has 0 aromatic carbocycles. The lowest BCUT2D eigenvalue weighted by atomic mass is 10.2. The molecular weight excluding hydrogens is 156 g/mol. The molecule has 4 nitrogen and oxygen atoms in total. The third-order valence-electron chi connectivity index (χ3n) is 1.39. The minimum Gasteiger partial charge on any atom is -0.345 e. The second-order valence-corrected chi connectivity index (χ2v) is 2.56. The number of likely N-dealkylation sites (N-methyl/N-ethyl adjacent to an activating group) is 1. The molecule has 1 amide bonds. The summed E-state index contributed by atoms with van der Waals surface area (Å²) in [6, 6.07) is -0.448. The van der Waals surface area contributed by atoms with Crippen molar-refractivity contribution in [3.05, 3.63) is 0 Å². The average Bonchev–Trinajstić information content (AvgIpc) is 2.04. The van der Waals surface area contributed by atoms with Gasteiger partial charge in [0.2, 0.25) is 12.2 Å². The Morgan fingerprint density at radius 3 is 2.67 bits per heavy atom. The van der Waals surface area contributed by atoms with Crippen molar-refractivity contribution in [2.45, 2.75) is 25.8 Å². The van der Waals surface area contributed by atoms with Crippen molar-refractivity contribution in [1.82, 2.24) is 10.6 Å². The molecule has 69 valence electrons. The van der Waals surface area contributed by atoms with Crippen LogP contribution >= 0.6 is 0 Å². The molecule has 0 aromatic rings. The van der Waals surface area contributed by atoms with E-state index < -0.39 is 6.04 Å². The predicted octanol–water partition coefficient (Wildman–Crippen LogP) is -0.400. The summed E-state index contributed by atoms with van der Waals surface area (Å²) < 4.78 is 0. The van der Waals surface area contributed by atoms with E-state index in [2.05, 4.69) is 10.6 Å². The van der Waals surface area contributed by atoms with Crippen molar-refractivity contribution in [2.24, 2.45) is 0 Å². The smallest absolute Gasteiger partial charge is 0.234 e. The van der Waals surface area contributed by atoms with Gasteiger partial charge >= 0.3 is 0 Å². The molecule has 1 atom stereocenters. The van der Waals surface area contributed by atoms with E-state index in [1.54, 1.807) is 13.3 Å². The van der Waals surface area contributed by atoms with Gasteiger partial charge in [0.1, 0.15) is 0 Å². The molecule has 0 heterocycles. The third kappa shape index (κ3) is 4.85. The fourth-order valence-corrected chi connectivity index (χ4v) is 0.855. The van der Waals surface area contributed by atoms with Crippen molar-refractivity contribution in [2.75, 3.05) is 13.6 Å². The molecule has 0 aliphatic heterocycles. The van der Waals surface area contributed by atoms with E-state index in [-0.39, 0.29) is 12.5 Å². The van der Waals surface area contributed by atoms with Gasteiger partial charge in [-0.05, 0) is 13.5 Å². The van der Waals surface area contributed by atoms with Crippen molar-refractivity contribution in [3.8, 4) is 0 Å². The molecule has 4 heteroatoms. The Morgan fingerprint density at radius 2 is 2.25 bits per heavy atom. The number of carbonyl (C=O) groups excluding carboxylic acids is 2. The van der Waals surface area contributed by atoms with Crippen molar-refractivity contribution in [1.29, 1.82) is 0 Å². The molecule has 0 bridgehead atoms. The molecule has 0 fully saturated rings. The van der Waals surface area contributed by atoms with Crippen LogP contribution < -0.4 is 10.6 Å². The first-order chi connectivity index (χ1) is 5.74. The van der Waals surface area contributed by atoms with Crippen LogP contribution in [0.2, 0.25) is 0 Å². The van der Waals surface area contributed by atoms with Crippen LogP contribution in [-0.4, -0.2) is 31.8 Å². The van der Waals surface area contributed by atoms with Gasteiger partial charge in [0.05, 0.1) is 12.6 Å². The van der Waals surface area contributed by atoms with E-state index in [0.29, 0.717) is 6.42 Å². The van der Waals surface area contributed by atoms with Crippen LogP contribution in [0.15, 0.2) is 0 Å². The quantitative estimate of drug-likeness (QED) is 0.571. The van der Waals surface area contributed by atoms with Gasteiger partial charge in [0, 0.05) is 0 Å². The number of nitrogens with one attached hydrogen (secondary N) is 2. The molecular formula is C8H15N2O2. The Kier molecular flexibility index (Phi) is 6.28. The van der Waals surface area contributed by atoms with E-state index in [1.165, 1.54) is 0 Å². The minimum atomic E-state index is -0.448. The second kappa shape index (κ2) is 6.79. The first-order valence-electron chi connectivity index (χ1n) is 4.06. The molecule has 12 heavy (non-hydrogen) atoms. The van der Waals surface area contributed by atoms with Crippen LogP contribution in [-0.2, 0) is 9.59 Å². The molecule has 0 aliphatic rings. The van der Waals surface area contributed by atoms with Crippen LogP contribution in [0, 0.1) is 0 Å². The normalized spacial score (nSPS) is 12.2. The lowest BCUT2D eigenvalue weighted by Crippen LogP contribution is -2.40. The lowest BCUT2D eigenvalue weighted by molar-refractivity contribution is -0.120. The highest BCUT2D eigenvalue weighted by molar-refractivity contribution is 5.81. The maximum atomic E-state index is 10.9. The summed E-state index contributed by atoms with van der Waals surface area (Å²) >= 11 is 0. The first-order valence-corrected chi connectivity index (χ1v) is 4.06. The fraction of sp³-hybridized carbons (Fsp3) is 0.750. The number of carbonyl (C=O) groups is 1. The van der Waals surface area contributed by atoms with E-state index in [9.17, 15) is 9.59 Å². The maximum absolute atomic E-state index is 10.9. The topological polar surface area (TPSA) is 58.2 Å². The summed E-state index contributed by atoms with van der Waals surface area (Å²) in [5, 5.41) is 5.24. The Hall–Kier alpha value is -0.900. The third-order valence-corrected chi connectivity index (χ3v) is 1.39. The van der Waals surface area contributed by atoms with Gasteiger partial charge < -0.3 is 10.6 Å². The summed E-state index contributed by atoms with van der Waals surface area (Å²) in [7, 11) is 1.68. The maximum Gasteiger partial charge on any atom is 0.234 e. The highest BCUT2D eigenvalue weighted by Gasteiger charge is 2.09. The lowest BCUT2D eigenvalue weighted by Gasteiger charge is -2.09.